The molecular formula is C25H30N6O4S. The van der Waals surface area contributed by atoms with Gasteiger partial charge < -0.3 is 19.4 Å². The summed E-state index contributed by atoms with van der Waals surface area (Å²) in [5.74, 6) is 0.675. The highest BCUT2D eigenvalue weighted by Gasteiger charge is 2.28. The van der Waals surface area contributed by atoms with Crippen LogP contribution in [0, 0.1) is 0 Å². The Labute approximate surface area is 212 Å². The molecule has 1 fully saturated rings. The second-order valence-electron chi connectivity index (χ2n) is 9.35. The van der Waals surface area contributed by atoms with Crippen LogP contribution in [0.25, 0.3) is 12.2 Å². The lowest BCUT2D eigenvalue weighted by atomic mass is 10.00. The smallest absolute Gasteiger partial charge is 0.266 e. The van der Waals surface area contributed by atoms with Gasteiger partial charge in [0.15, 0.2) is 5.78 Å². The van der Waals surface area contributed by atoms with Crippen molar-refractivity contribution in [3.05, 3.63) is 56.0 Å². The van der Waals surface area contributed by atoms with E-state index in [0.29, 0.717) is 15.8 Å². The summed E-state index contributed by atoms with van der Waals surface area (Å²) in [5, 5.41) is 4.08. The van der Waals surface area contributed by atoms with E-state index >= 15 is 0 Å². The van der Waals surface area contributed by atoms with Gasteiger partial charge in [-0.05, 0) is 37.6 Å². The van der Waals surface area contributed by atoms with Crippen molar-refractivity contribution in [2.75, 3.05) is 57.4 Å². The number of morpholine rings is 1. The number of hydrogen-bond donors (Lipinski definition) is 1. The number of H-pyrrole nitrogens is 1. The van der Waals surface area contributed by atoms with Crippen molar-refractivity contribution in [2.24, 2.45) is 0 Å². The average Bonchev–Trinajstić information content (AvgIpc) is 3.54. The number of rotatable bonds is 7. The Bertz CT molecular complexity index is 1390. The highest BCUT2D eigenvalue weighted by molar-refractivity contribution is 7.07. The number of nitrogens with one attached hydrogen (secondary N) is 1. The van der Waals surface area contributed by atoms with E-state index in [1.165, 1.54) is 34.7 Å². The Morgan fingerprint density at radius 3 is 2.81 bits per heavy atom. The Kier molecular flexibility index (Phi) is 7.04. The van der Waals surface area contributed by atoms with Crippen molar-refractivity contribution in [2.45, 2.75) is 19.4 Å². The van der Waals surface area contributed by atoms with Gasteiger partial charge >= 0.3 is 0 Å². The van der Waals surface area contributed by atoms with Gasteiger partial charge in [0.1, 0.15) is 30.5 Å². The molecule has 2 aliphatic rings. The molecule has 190 valence electrons. The molecule has 36 heavy (non-hydrogen) atoms. The third-order valence-corrected chi connectivity index (χ3v) is 7.53. The van der Waals surface area contributed by atoms with Crippen molar-refractivity contribution in [1.29, 1.82) is 0 Å². The monoisotopic (exact) mass is 510 g/mol. The van der Waals surface area contributed by atoms with E-state index in [1.54, 1.807) is 13.8 Å². The predicted molar refractivity (Wildman–Crippen MR) is 138 cm³/mol. The molecule has 0 spiro atoms. The summed E-state index contributed by atoms with van der Waals surface area (Å²) in [6.07, 6.45) is 6.21. The number of hydrogen-bond acceptors (Lipinski definition) is 9. The Morgan fingerprint density at radius 1 is 1.19 bits per heavy atom. The molecule has 0 bridgehead atoms. The number of aromatic nitrogens is 4. The molecule has 0 unspecified atom stereocenters. The molecule has 0 amide bonds. The number of ketones is 1. The average molecular weight is 511 g/mol. The van der Waals surface area contributed by atoms with Crippen molar-refractivity contribution in [3.63, 3.8) is 0 Å². The number of benzene rings is 1. The molecule has 0 aliphatic carbocycles. The molecule has 3 aromatic rings. The molecule has 5 rings (SSSR count). The van der Waals surface area contributed by atoms with Crippen molar-refractivity contribution in [1.82, 2.24) is 24.6 Å². The molecular weight excluding hydrogens is 480 g/mol. The third-order valence-electron chi connectivity index (χ3n) is 6.57. The zero-order valence-corrected chi connectivity index (χ0v) is 21.3. The lowest BCUT2D eigenvalue weighted by molar-refractivity contribution is -0.120. The molecule has 4 heterocycles. The summed E-state index contributed by atoms with van der Waals surface area (Å²) < 4.78 is 13.9. The van der Waals surface area contributed by atoms with Crippen LogP contribution in [0.15, 0.2) is 35.6 Å². The van der Waals surface area contributed by atoms with Crippen LogP contribution in [0.2, 0.25) is 0 Å². The molecule has 11 heteroatoms. The fourth-order valence-corrected chi connectivity index (χ4v) is 5.17. The minimum absolute atomic E-state index is 0.182. The van der Waals surface area contributed by atoms with Gasteiger partial charge in [-0.1, -0.05) is 6.07 Å². The summed E-state index contributed by atoms with van der Waals surface area (Å²) >= 11 is 1.25. The number of carbonyl (C=O) groups excluding carboxylic acids is 1. The second-order valence-corrected chi connectivity index (χ2v) is 10.4. The van der Waals surface area contributed by atoms with Crippen LogP contribution >= 0.6 is 11.3 Å². The topological polar surface area (TPSA) is 106 Å². The van der Waals surface area contributed by atoms with Gasteiger partial charge in [0, 0.05) is 32.3 Å². The van der Waals surface area contributed by atoms with Crippen LogP contribution in [0.3, 0.4) is 0 Å². The van der Waals surface area contributed by atoms with Crippen LogP contribution in [-0.4, -0.2) is 83.0 Å². The van der Waals surface area contributed by atoms with Gasteiger partial charge in [-0.15, -0.1) is 11.3 Å². The summed E-state index contributed by atoms with van der Waals surface area (Å²) in [4.78, 5) is 37.0. The number of aromatic amines is 1. The first-order valence-corrected chi connectivity index (χ1v) is 12.9. The molecule has 0 saturated carbocycles. The molecule has 2 aromatic heterocycles. The predicted octanol–water partition coefficient (Wildman–Crippen LogP) is 0.173. The normalized spacial score (nSPS) is 17.8. The Balaban J connectivity index is 1.37. The standard InChI is InChI=1S/C25H30N6O4S/c1-25(2,31-17-26-16-27-31)22(32)15-23-28-24(33)21(36-23)14-18-3-4-20-19(13-18)30(9-12-35-20)6-5-29-7-10-34-11-8-29/h3-4,13-17H,5-12H2,1-2H3,(H,28,33)/b21-14-,23-15+. The summed E-state index contributed by atoms with van der Waals surface area (Å²) in [6.45, 7) is 10.4. The van der Waals surface area contributed by atoms with E-state index in [9.17, 15) is 9.59 Å². The molecule has 0 radical (unpaired) electrons. The molecule has 10 nitrogen and oxygen atoms in total. The first-order valence-electron chi connectivity index (χ1n) is 12.0. The number of nitrogens with zero attached hydrogens (tertiary/aromatic N) is 5. The summed E-state index contributed by atoms with van der Waals surface area (Å²) in [5.41, 5.74) is 0.803. The van der Waals surface area contributed by atoms with Crippen molar-refractivity contribution < 1.29 is 14.3 Å². The molecule has 0 atom stereocenters. The van der Waals surface area contributed by atoms with E-state index < -0.39 is 5.54 Å². The van der Waals surface area contributed by atoms with Crippen LogP contribution in [0.4, 0.5) is 5.69 Å². The number of Topliss-reactive ketones (excluding diaryl/α,β-unsaturated/α-hetero) is 1. The Hall–Kier alpha value is -3.28. The quantitative estimate of drug-likeness (QED) is 0.480. The third kappa shape index (κ3) is 5.28. The summed E-state index contributed by atoms with van der Waals surface area (Å²) in [7, 11) is 0. The van der Waals surface area contributed by atoms with Gasteiger partial charge in [-0.2, -0.15) is 5.10 Å². The van der Waals surface area contributed by atoms with E-state index in [-0.39, 0.29) is 11.3 Å². The van der Waals surface area contributed by atoms with Crippen LogP contribution < -0.4 is 24.4 Å². The van der Waals surface area contributed by atoms with Gasteiger partial charge in [0.25, 0.3) is 5.56 Å². The van der Waals surface area contributed by atoms with E-state index in [0.717, 1.165) is 62.9 Å². The number of carbonyl (C=O) groups is 1. The SMILES string of the molecule is CC(C)(C(=O)/C=c1\[nH]c(=O)/c(=C/c2ccc3c(c2)N(CCN2CCOCC2)CCO3)s1)n1cncn1. The zero-order chi connectivity index (χ0) is 25.1. The van der Waals surface area contributed by atoms with Gasteiger partial charge in [-0.3, -0.25) is 14.5 Å². The maximum Gasteiger partial charge on any atom is 0.266 e. The first-order chi connectivity index (χ1) is 17.4. The fraction of sp³-hybridized carbons (Fsp3) is 0.440. The lowest BCUT2D eigenvalue weighted by Gasteiger charge is -2.34. The zero-order valence-electron chi connectivity index (χ0n) is 20.5. The highest BCUT2D eigenvalue weighted by Crippen LogP contribution is 2.32. The molecule has 1 N–H and O–H groups in total. The van der Waals surface area contributed by atoms with Crippen molar-refractivity contribution >= 4 is 35.0 Å². The van der Waals surface area contributed by atoms with Gasteiger partial charge in [0.2, 0.25) is 0 Å². The summed E-state index contributed by atoms with van der Waals surface area (Å²) in [6, 6.07) is 5.97. The van der Waals surface area contributed by atoms with Crippen LogP contribution in [0.1, 0.15) is 19.4 Å². The maximum absolute atomic E-state index is 12.9. The van der Waals surface area contributed by atoms with Crippen LogP contribution in [0.5, 0.6) is 5.75 Å². The van der Waals surface area contributed by atoms with E-state index in [4.69, 9.17) is 9.47 Å². The maximum atomic E-state index is 12.9. The number of anilines is 1. The van der Waals surface area contributed by atoms with Crippen LogP contribution in [-0.2, 0) is 15.1 Å². The molecule has 1 saturated heterocycles. The largest absolute Gasteiger partial charge is 0.490 e. The number of fused-ring (bicyclic) bond motifs is 1. The first kappa shape index (κ1) is 24.4. The highest BCUT2D eigenvalue weighted by atomic mass is 32.1. The minimum atomic E-state index is -0.912. The molecule has 2 aliphatic heterocycles. The van der Waals surface area contributed by atoms with Crippen molar-refractivity contribution in [3.8, 4) is 5.75 Å². The molecule has 1 aromatic carbocycles. The van der Waals surface area contributed by atoms with Gasteiger partial charge in [0.05, 0.1) is 34.6 Å². The fourth-order valence-electron chi connectivity index (χ4n) is 4.28. The second kappa shape index (κ2) is 10.4. The van der Waals surface area contributed by atoms with E-state index in [1.807, 2.05) is 18.2 Å². The van der Waals surface area contributed by atoms with E-state index in [2.05, 4.69) is 30.9 Å². The number of thiazole rings is 1. The van der Waals surface area contributed by atoms with Gasteiger partial charge in [-0.25, -0.2) is 9.67 Å². The minimum Gasteiger partial charge on any atom is -0.490 e. The lowest BCUT2D eigenvalue weighted by Crippen LogP contribution is -2.43. The number of ether oxygens (including phenoxy) is 2. The Morgan fingerprint density at radius 2 is 2.03 bits per heavy atom.